The highest BCUT2D eigenvalue weighted by Crippen LogP contribution is 2.08. The Morgan fingerprint density at radius 3 is 2.59 bits per heavy atom. The van der Waals surface area contributed by atoms with Gasteiger partial charge in [0.05, 0.1) is 12.7 Å². The van der Waals surface area contributed by atoms with Crippen LogP contribution in [0.15, 0.2) is 10.7 Å². The minimum absolute atomic E-state index is 0.154. The molecule has 0 unspecified atom stereocenters. The van der Waals surface area contributed by atoms with Gasteiger partial charge >= 0.3 is 6.09 Å². The van der Waals surface area contributed by atoms with Crippen LogP contribution < -0.4 is 5.32 Å². The van der Waals surface area contributed by atoms with Crippen LogP contribution in [0.25, 0.3) is 0 Å². The van der Waals surface area contributed by atoms with Gasteiger partial charge in [-0.2, -0.15) is 0 Å². The molecule has 0 aliphatic heterocycles. The highest BCUT2D eigenvalue weighted by molar-refractivity contribution is 5.97. The molecule has 0 saturated heterocycles. The molecule has 0 aliphatic rings. The topological polar surface area (TPSA) is 81.4 Å². The van der Waals surface area contributed by atoms with E-state index in [4.69, 9.17) is 9.26 Å². The van der Waals surface area contributed by atoms with Crippen LogP contribution in [-0.4, -0.2) is 29.2 Å². The van der Waals surface area contributed by atoms with Crippen molar-refractivity contribution < 1.29 is 18.8 Å². The third kappa shape index (κ3) is 4.26. The van der Waals surface area contributed by atoms with Crippen molar-refractivity contribution in [2.45, 2.75) is 33.3 Å². The minimum atomic E-state index is -0.636. The molecule has 17 heavy (non-hydrogen) atoms. The number of ether oxygens (including phenoxy) is 1. The molecule has 1 amide bonds. The lowest BCUT2D eigenvalue weighted by Gasteiger charge is -2.19. The molecular weight excluding hydrogens is 224 g/mol. The van der Waals surface area contributed by atoms with Gasteiger partial charge in [-0.15, -0.1) is 0 Å². The molecule has 0 saturated carbocycles. The zero-order valence-electron chi connectivity index (χ0n) is 10.4. The van der Waals surface area contributed by atoms with Crippen LogP contribution in [0, 0.1) is 6.92 Å². The Morgan fingerprint density at radius 2 is 2.12 bits per heavy atom. The number of aromatic nitrogens is 1. The highest BCUT2D eigenvalue weighted by Gasteiger charge is 2.19. The summed E-state index contributed by atoms with van der Waals surface area (Å²) in [5.74, 6) is -0.188. The van der Waals surface area contributed by atoms with Gasteiger partial charge in [0.1, 0.15) is 5.60 Å². The van der Waals surface area contributed by atoms with Gasteiger partial charge < -0.3 is 14.6 Å². The maximum absolute atomic E-state index is 11.6. The Hall–Kier alpha value is -1.85. The molecule has 1 aromatic rings. The average Bonchev–Trinajstić information content (AvgIpc) is 2.58. The second kappa shape index (κ2) is 4.99. The second-order valence-corrected chi connectivity index (χ2v) is 4.62. The number of alkyl carbamates (subject to hydrolysis) is 1. The third-order valence-electron chi connectivity index (χ3n) is 1.79. The number of nitrogens with zero attached hydrogens (tertiary/aromatic N) is 1. The first-order valence-electron chi connectivity index (χ1n) is 5.21. The molecule has 6 nitrogen and oxygen atoms in total. The first-order valence-corrected chi connectivity index (χ1v) is 5.21. The summed E-state index contributed by atoms with van der Waals surface area (Å²) in [7, 11) is 0. The smallest absolute Gasteiger partial charge is 0.408 e. The zero-order valence-corrected chi connectivity index (χ0v) is 10.4. The molecule has 0 atom stereocenters. The van der Waals surface area contributed by atoms with Crippen molar-refractivity contribution in [3.8, 4) is 0 Å². The number of aryl methyl sites for hydroxylation is 1. The molecule has 0 radical (unpaired) electrons. The summed E-state index contributed by atoms with van der Waals surface area (Å²) in [6, 6.07) is 0. The fraction of sp³-hybridized carbons (Fsp3) is 0.545. The summed E-state index contributed by atoms with van der Waals surface area (Å²) < 4.78 is 9.75. The van der Waals surface area contributed by atoms with Gasteiger partial charge in [-0.1, -0.05) is 5.16 Å². The zero-order chi connectivity index (χ0) is 13.1. The van der Waals surface area contributed by atoms with Crippen LogP contribution in [-0.2, 0) is 4.74 Å². The van der Waals surface area contributed by atoms with Crippen LogP contribution in [0.2, 0.25) is 0 Å². The molecule has 1 heterocycles. The average molecular weight is 240 g/mol. The Kier molecular flexibility index (Phi) is 3.88. The number of Topliss-reactive ketones (excluding diaryl/α,β-unsaturated/α-hetero) is 1. The highest BCUT2D eigenvalue weighted by atomic mass is 16.6. The van der Waals surface area contributed by atoms with Crippen LogP contribution >= 0.6 is 0 Å². The lowest BCUT2D eigenvalue weighted by Crippen LogP contribution is -2.35. The van der Waals surface area contributed by atoms with Crippen LogP contribution in [0.3, 0.4) is 0 Å². The summed E-state index contributed by atoms with van der Waals surface area (Å²) in [6.07, 6.45) is 0.809. The number of carbonyl (C=O) groups excluding carboxylic acids is 2. The van der Waals surface area contributed by atoms with Crippen molar-refractivity contribution in [2.75, 3.05) is 6.54 Å². The maximum Gasteiger partial charge on any atom is 0.408 e. The molecule has 94 valence electrons. The quantitative estimate of drug-likeness (QED) is 0.813. The first kappa shape index (κ1) is 13.2. The van der Waals surface area contributed by atoms with Gasteiger partial charge in [0.2, 0.25) is 11.5 Å². The number of amides is 1. The fourth-order valence-corrected chi connectivity index (χ4v) is 1.11. The molecule has 0 spiro atoms. The normalized spacial score (nSPS) is 11.1. The summed E-state index contributed by atoms with van der Waals surface area (Å²) in [6.45, 7) is 6.77. The van der Waals surface area contributed by atoms with Crippen LogP contribution in [0.5, 0.6) is 0 Å². The van der Waals surface area contributed by atoms with Crippen molar-refractivity contribution in [2.24, 2.45) is 0 Å². The number of hydrogen-bond donors (Lipinski definition) is 1. The standard InChI is InChI=1S/C11H16N2O4/c1-7-5-13-17-9(7)8(14)6-12-10(15)16-11(2,3)4/h5H,6H2,1-4H3,(H,12,15). The summed E-state index contributed by atoms with van der Waals surface area (Å²) in [5.41, 5.74) is 0.0518. The number of nitrogens with one attached hydrogen (secondary N) is 1. The number of rotatable bonds is 3. The van der Waals surface area contributed by atoms with Crippen molar-refractivity contribution in [1.29, 1.82) is 0 Å². The van der Waals surface area contributed by atoms with E-state index < -0.39 is 11.7 Å². The van der Waals surface area contributed by atoms with E-state index in [0.717, 1.165) is 0 Å². The predicted octanol–water partition coefficient (Wildman–Crippen LogP) is 1.69. The molecule has 0 aromatic carbocycles. The molecule has 1 N–H and O–H groups in total. The Labute approximate surface area is 99.3 Å². The monoisotopic (exact) mass is 240 g/mol. The van der Waals surface area contributed by atoms with Gasteiger partial charge in [0.25, 0.3) is 0 Å². The van der Waals surface area contributed by atoms with E-state index in [-0.39, 0.29) is 18.1 Å². The number of ketones is 1. The molecule has 6 heteroatoms. The van der Waals surface area contributed by atoms with E-state index in [1.807, 2.05) is 0 Å². The van der Waals surface area contributed by atoms with Gasteiger partial charge in [0.15, 0.2) is 0 Å². The molecule has 1 aromatic heterocycles. The van der Waals surface area contributed by atoms with Crippen LogP contribution in [0.1, 0.15) is 36.9 Å². The largest absolute Gasteiger partial charge is 0.444 e. The second-order valence-electron chi connectivity index (χ2n) is 4.62. The van der Waals surface area contributed by atoms with E-state index in [0.29, 0.717) is 5.56 Å². The molecule has 0 bridgehead atoms. The van der Waals surface area contributed by atoms with Gasteiger partial charge in [-0.05, 0) is 27.7 Å². The summed E-state index contributed by atoms with van der Waals surface area (Å²) in [5, 5.41) is 5.85. The molecule has 0 aliphatic carbocycles. The minimum Gasteiger partial charge on any atom is -0.444 e. The lowest BCUT2D eigenvalue weighted by molar-refractivity contribution is 0.0518. The van der Waals surface area contributed by atoms with E-state index in [9.17, 15) is 9.59 Å². The maximum atomic E-state index is 11.6. The van der Waals surface area contributed by atoms with Gasteiger partial charge in [-0.25, -0.2) is 4.79 Å². The van der Waals surface area contributed by atoms with E-state index in [1.54, 1.807) is 27.7 Å². The van der Waals surface area contributed by atoms with Gasteiger partial charge in [-0.3, -0.25) is 4.79 Å². The third-order valence-corrected chi connectivity index (χ3v) is 1.79. The van der Waals surface area contributed by atoms with Gasteiger partial charge in [0, 0.05) is 5.56 Å². The van der Waals surface area contributed by atoms with Crippen molar-refractivity contribution >= 4 is 11.9 Å². The Bertz CT molecular complexity index is 417. The van der Waals surface area contributed by atoms with Crippen molar-refractivity contribution in [1.82, 2.24) is 10.5 Å². The Morgan fingerprint density at radius 1 is 1.47 bits per heavy atom. The molecular formula is C11H16N2O4. The molecule has 0 fully saturated rings. The van der Waals surface area contributed by atoms with E-state index in [1.165, 1.54) is 6.20 Å². The SMILES string of the molecule is Cc1cnoc1C(=O)CNC(=O)OC(C)(C)C. The van der Waals surface area contributed by atoms with E-state index >= 15 is 0 Å². The van der Waals surface area contributed by atoms with E-state index in [2.05, 4.69) is 10.5 Å². The molecule has 1 rings (SSSR count). The van der Waals surface area contributed by atoms with Crippen molar-refractivity contribution in [3.05, 3.63) is 17.5 Å². The number of carbonyl (C=O) groups is 2. The van der Waals surface area contributed by atoms with Crippen LogP contribution in [0.4, 0.5) is 4.79 Å². The number of hydrogen-bond acceptors (Lipinski definition) is 5. The lowest BCUT2D eigenvalue weighted by atomic mass is 10.2. The Balaban J connectivity index is 2.45. The van der Waals surface area contributed by atoms with Crippen molar-refractivity contribution in [3.63, 3.8) is 0 Å². The summed E-state index contributed by atoms with van der Waals surface area (Å²) >= 11 is 0. The summed E-state index contributed by atoms with van der Waals surface area (Å²) in [4.78, 5) is 22.9. The predicted molar refractivity (Wildman–Crippen MR) is 59.8 cm³/mol. The fourth-order valence-electron chi connectivity index (χ4n) is 1.11. The first-order chi connectivity index (χ1) is 7.79.